The first kappa shape index (κ1) is 23.0. The first-order valence-corrected chi connectivity index (χ1v) is 11.4. The summed E-state index contributed by atoms with van der Waals surface area (Å²) in [6, 6.07) is 16.7. The fourth-order valence-electron chi connectivity index (χ4n) is 3.19. The van der Waals surface area contributed by atoms with Gasteiger partial charge in [-0.1, -0.05) is 24.3 Å². The van der Waals surface area contributed by atoms with E-state index in [1.165, 1.54) is 19.1 Å². The van der Waals surface area contributed by atoms with Crippen molar-refractivity contribution in [3.8, 4) is 0 Å². The van der Waals surface area contributed by atoms with Gasteiger partial charge >= 0.3 is 0 Å². The molecule has 32 heavy (non-hydrogen) atoms. The molecule has 2 amide bonds. The van der Waals surface area contributed by atoms with E-state index in [-0.39, 0.29) is 16.4 Å². The number of amides is 2. The molecule has 7 nitrogen and oxygen atoms in total. The Balaban J connectivity index is 1.91. The second-order valence-electron chi connectivity index (χ2n) is 7.64. The smallest absolute Gasteiger partial charge is 0.261 e. The summed E-state index contributed by atoms with van der Waals surface area (Å²) in [7, 11) is -3.89. The number of sulfonamides is 1. The summed E-state index contributed by atoms with van der Waals surface area (Å²) in [6.45, 7) is 6.84. The second kappa shape index (κ2) is 9.23. The summed E-state index contributed by atoms with van der Waals surface area (Å²) in [5.74, 6) is -0.747. The molecule has 0 aliphatic carbocycles. The maximum Gasteiger partial charge on any atom is 0.261 e. The topological polar surface area (TPSA) is 104 Å². The van der Waals surface area contributed by atoms with Crippen LogP contribution in [-0.4, -0.2) is 20.2 Å². The Morgan fingerprint density at radius 3 is 2.19 bits per heavy atom. The van der Waals surface area contributed by atoms with E-state index in [1.54, 1.807) is 43.3 Å². The van der Waals surface area contributed by atoms with E-state index in [2.05, 4.69) is 15.4 Å². The van der Waals surface area contributed by atoms with Gasteiger partial charge in [0.1, 0.15) is 0 Å². The summed E-state index contributed by atoms with van der Waals surface area (Å²) >= 11 is 0. The van der Waals surface area contributed by atoms with Gasteiger partial charge in [-0.3, -0.25) is 14.3 Å². The highest BCUT2D eigenvalue weighted by atomic mass is 32.2. The third-order valence-electron chi connectivity index (χ3n) is 4.77. The minimum atomic E-state index is -3.89. The third kappa shape index (κ3) is 5.53. The molecule has 0 aliphatic heterocycles. The van der Waals surface area contributed by atoms with E-state index in [4.69, 9.17) is 0 Å². The molecule has 3 N–H and O–H groups in total. The molecule has 3 rings (SSSR count). The summed E-state index contributed by atoms with van der Waals surface area (Å²) in [6.07, 6.45) is 0. The summed E-state index contributed by atoms with van der Waals surface area (Å²) in [5.41, 5.74) is 3.97. The summed E-state index contributed by atoms with van der Waals surface area (Å²) < 4.78 is 28.3. The number of nitrogens with one attached hydrogen (secondary N) is 3. The van der Waals surface area contributed by atoms with Crippen LogP contribution in [0.25, 0.3) is 0 Å². The van der Waals surface area contributed by atoms with Crippen molar-refractivity contribution in [2.24, 2.45) is 0 Å². The van der Waals surface area contributed by atoms with E-state index >= 15 is 0 Å². The van der Waals surface area contributed by atoms with Crippen molar-refractivity contribution in [3.63, 3.8) is 0 Å². The number of aryl methyl sites for hydroxylation is 3. The second-order valence-corrected chi connectivity index (χ2v) is 9.32. The van der Waals surface area contributed by atoms with Crippen LogP contribution in [0, 0.1) is 20.8 Å². The Morgan fingerprint density at radius 2 is 1.50 bits per heavy atom. The van der Waals surface area contributed by atoms with Gasteiger partial charge < -0.3 is 10.6 Å². The largest absolute Gasteiger partial charge is 0.325 e. The number of hydrogen-bond acceptors (Lipinski definition) is 4. The fourth-order valence-corrected chi connectivity index (χ4v) is 4.26. The van der Waals surface area contributed by atoms with Gasteiger partial charge in [-0.15, -0.1) is 0 Å². The number of anilines is 3. The number of hydrogen-bond donors (Lipinski definition) is 3. The quantitative estimate of drug-likeness (QED) is 0.508. The molecule has 0 saturated heterocycles. The Labute approximate surface area is 187 Å². The highest BCUT2D eigenvalue weighted by molar-refractivity contribution is 7.92. The molecule has 0 fully saturated rings. The van der Waals surface area contributed by atoms with Crippen LogP contribution in [0.15, 0.2) is 65.6 Å². The predicted molar refractivity (Wildman–Crippen MR) is 127 cm³/mol. The number of benzene rings is 3. The SMILES string of the molecule is CC(=O)Nc1ccc(C)cc1NC(=O)c1cc(S(=O)(=O)Nc2cccc(C)c2)ccc1C. The van der Waals surface area contributed by atoms with Gasteiger partial charge in [-0.2, -0.15) is 0 Å². The lowest BCUT2D eigenvalue weighted by molar-refractivity contribution is -0.114. The van der Waals surface area contributed by atoms with Crippen LogP contribution in [-0.2, 0) is 14.8 Å². The third-order valence-corrected chi connectivity index (χ3v) is 6.15. The zero-order chi connectivity index (χ0) is 23.5. The molecule has 0 unspecified atom stereocenters. The molecule has 0 bridgehead atoms. The van der Waals surface area contributed by atoms with Crippen molar-refractivity contribution in [3.05, 3.63) is 82.9 Å². The maximum absolute atomic E-state index is 13.0. The average molecular weight is 452 g/mol. The van der Waals surface area contributed by atoms with Crippen LogP contribution in [0.3, 0.4) is 0 Å². The Bertz CT molecular complexity index is 1300. The summed E-state index contributed by atoms with van der Waals surface area (Å²) in [5, 5.41) is 5.46. The van der Waals surface area contributed by atoms with Gasteiger partial charge in [0.25, 0.3) is 15.9 Å². The molecule has 0 spiro atoms. The lowest BCUT2D eigenvalue weighted by Gasteiger charge is -2.15. The van der Waals surface area contributed by atoms with Crippen molar-refractivity contribution < 1.29 is 18.0 Å². The van der Waals surface area contributed by atoms with E-state index in [1.807, 2.05) is 26.0 Å². The fraction of sp³-hybridized carbons (Fsp3) is 0.167. The van der Waals surface area contributed by atoms with Gasteiger partial charge in [0, 0.05) is 18.2 Å². The number of carbonyl (C=O) groups is 2. The van der Waals surface area contributed by atoms with Crippen LogP contribution in [0.2, 0.25) is 0 Å². The Hall–Kier alpha value is -3.65. The van der Waals surface area contributed by atoms with Crippen molar-refractivity contribution in [1.29, 1.82) is 0 Å². The van der Waals surface area contributed by atoms with E-state index in [0.29, 0.717) is 22.6 Å². The van der Waals surface area contributed by atoms with Gasteiger partial charge in [0.05, 0.1) is 16.3 Å². The Kier molecular flexibility index (Phi) is 6.64. The van der Waals surface area contributed by atoms with Crippen LogP contribution >= 0.6 is 0 Å². The highest BCUT2D eigenvalue weighted by Crippen LogP contribution is 2.25. The van der Waals surface area contributed by atoms with Gasteiger partial charge in [-0.25, -0.2) is 8.42 Å². The molecule has 0 radical (unpaired) electrons. The minimum Gasteiger partial charge on any atom is -0.325 e. The maximum atomic E-state index is 13.0. The van der Waals surface area contributed by atoms with Crippen LogP contribution in [0.1, 0.15) is 34.0 Å². The standard InChI is InChI=1S/C24H25N3O4S/c1-15-6-5-7-19(12-15)27-32(30,31)20-10-9-17(3)21(14-20)24(29)26-23-13-16(2)8-11-22(23)25-18(4)28/h5-14,27H,1-4H3,(H,25,28)(H,26,29). The summed E-state index contributed by atoms with van der Waals surface area (Å²) in [4.78, 5) is 24.5. The molecule has 8 heteroatoms. The molecule has 0 atom stereocenters. The molecule has 0 saturated carbocycles. The zero-order valence-electron chi connectivity index (χ0n) is 18.3. The lowest BCUT2D eigenvalue weighted by Crippen LogP contribution is -2.18. The normalized spacial score (nSPS) is 11.0. The van der Waals surface area contributed by atoms with Gasteiger partial charge in [0.15, 0.2) is 0 Å². The minimum absolute atomic E-state index is 0.0268. The van der Waals surface area contributed by atoms with E-state index in [9.17, 15) is 18.0 Å². The molecule has 166 valence electrons. The van der Waals surface area contributed by atoms with Crippen molar-refractivity contribution in [2.45, 2.75) is 32.6 Å². The molecule has 3 aromatic carbocycles. The number of rotatable bonds is 6. The molecule has 0 heterocycles. The van der Waals surface area contributed by atoms with Gasteiger partial charge in [-0.05, 0) is 73.9 Å². The molecular formula is C24H25N3O4S. The monoisotopic (exact) mass is 451 g/mol. The first-order valence-electron chi connectivity index (χ1n) is 9.95. The van der Waals surface area contributed by atoms with Crippen LogP contribution in [0.4, 0.5) is 17.1 Å². The van der Waals surface area contributed by atoms with Gasteiger partial charge in [0.2, 0.25) is 5.91 Å². The van der Waals surface area contributed by atoms with Crippen LogP contribution in [0.5, 0.6) is 0 Å². The molecule has 3 aromatic rings. The van der Waals surface area contributed by atoms with E-state index < -0.39 is 15.9 Å². The highest BCUT2D eigenvalue weighted by Gasteiger charge is 2.19. The average Bonchev–Trinajstić information content (AvgIpc) is 2.69. The predicted octanol–water partition coefficient (Wildman–Crippen LogP) is 4.62. The first-order chi connectivity index (χ1) is 15.0. The van der Waals surface area contributed by atoms with Crippen LogP contribution < -0.4 is 15.4 Å². The Morgan fingerprint density at radius 1 is 0.781 bits per heavy atom. The van der Waals surface area contributed by atoms with Crippen molar-refractivity contribution >= 4 is 38.9 Å². The number of carbonyl (C=O) groups excluding carboxylic acids is 2. The molecule has 0 aliphatic rings. The molecular weight excluding hydrogens is 426 g/mol. The van der Waals surface area contributed by atoms with Crippen molar-refractivity contribution in [2.75, 3.05) is 15.4 Å². The van der Waals surface area contributed by atoms with E-state index in [0.717, 1.165) is 11.1 Å². The lowest BCUT2D eigenvalue weighted by atomic mass is 10.1. The zero-order valence-corrected chi connectivity index (χ0v) is 19.1. The molecule has 0 aromatic heterocycles. The van der Waals surface area contributed by atoms with Crippen molar-refractivity contribution in [1.82, 2.24) is 0 Å².